The average Bonchev–Trinajstić information content (AvgIpc) is 3.35. The van der Waals surface area contributed by atoms with Gasteiger partial charge in [0.15, 0.2) is 0 Å². The van der Waals surface area contributed by atoms with E-state index < -0.39 is 11.8 Å². The van der Waals surface area contributed by atoms with Gasteiger partial charge in [-0.3, -0.25) is 24.1 Å². The van der Waals surface area contributed by atoms with E-state index in [1.807, 2.05) is 36.4 Å². The summed E-state index contributed by atoms with van der Waals surface area (Å²) < 4.78 is 0. The largest absolute Gasteiger partial charge is 0.308 e. The SMILES string of the molecule is O=C(NC1=NN(c2ccccc2)C(=O)C1)c1ccc2c(c1)C(=O)N(CCc1ccccc1)C2=O. The van der Waals surface area contributed by atoms with Crippen molar-refractivity contribution in [2.75, 3.05) is 11.6 Å². The number of amides is 4. The third-order valence-electron chi connectivity index (χ3n) is 5.73. The number of nitrogens with one attached hydrogen (secondary N) is 1. The van der Waals surface area contributed by atoms with Crippen molar-refractivity contribution in [3.05, 3.63) is 101 Å². The molecule has 0 radical (unpaired) electrons. The first-order chi connectivity index (χ1) is 16.5. The van der Waals surface area contributed by atoms with Gasteiger partial charge in [0.1, 0.15) is 5.84 Å². The fraction of sp³-hybridized carbons (Fsp3) is 0.115. The lowest BCUT2D eigenvalue weighted by atomic mass is 10.1. The lowest BCUT2D eigenvalue weighted by Crippen LogP contribution is -2.31. The molecule has 0 bridgehead atoms. The number of carbonyl (C=O) groups is 4. The first-order valence-corrected chi connectivity index (χ1v) is 10.8. The van der Waals surface area contributed by atoms with Gasteiger partial charge in [0.2, 0.25) is 0 Å². The number of benzene rings is 3. The van der Waals surface area contributed by atoms with Gasteiger partial charge in [-0.15, -0.1) is 0 Å². The Morgan fingerprint density at radius 3 is 2.26 bits per heavy atom. The highest BCUT2D eigenvalue weighted by Gasteiger charge is 2.36. The number of carbonyl (C=O) groups excluding carboxylic acids is 4. The van der Waals surface area contributed by atoms with E-state index in [-0.39, 0.29) is 47.3 Å². The minimum Gasteiger partial charge on any atom is -0.308 e. The number of amidine groups is 1. The monoisotopic (exact) mass is 452 g/mol. The van der Waals surface area contributed by atoms with Crippen molar-refractivity contribution in [2.45, 2.75) is 12.8 Å². The molecule has 4 amide bonds. The maximum Gasteiger partial charge on any atom is 0.261 e. The van der Waals surface area contributed by atoms with Crippen LogP contribution in [0.15, 0.2) is 84.0 Å². The van der Waals surface area contributed by atoms with E-state index in [0.717, 1.165) is 5.56 Å². The highest BCUT2D eigenvalue weighted by atomic mass is 16.2. The van der Waals surface area contributed by atoms with E-state index in [1.165, 1.54) is 28.1 Å². The van der Waals surface area contributed by atoms with E-state index in [1.54, 1.807) is 24.3 Å². The van der Waals surface area contributed by atoms with Gasteiger partial charge in [0.05, 0.1) is 23.2 Å². The van der Waals surface area contributed by atoms with Crippen LogP contribution in [-0.4, -0.2) is 40.9 Å². The Bertz CT molecular complexity index is 1340. The molecule has 0 saturated heterocycles. The fourth-order valence-electron chi connectivity index (χ4n) is 3.99. The summed E-state index contributed by atoms with van der Waals surface area (Å²) in [5.74, 6) is -1.34. The minimum atomic E-state index is -0.507. The molecular weight excluding hydrogens is 432 g/mol. The van der Waals surface area contributed by atoms with Crippen LogP contribution >= 0.6 is 0 Å². The predicted molar refractivity (Wildman–Crippen MR) is 125 cm³/mol. The Labute approximate surface area is 195 Å². The zero-order valence-corrected chi connectivity index (χ0v) is 18.1. The molecule has 5 rings (SSSR count). The Morgan fingerprint density at radius 2 is 1.53 bits per heavy atom. The zero-order valence-electron chi connectivity index (χ0n) is 18.1. The van der Waals surface area contributed by atoms with Crippen molar-refractivity contribution in [1.82, 2.24) is 10.2 Å². The van der Waals surface area contributed by atoms with Crippen molar-refractivity contribution >= 4 is 35.2 Å². The fourth-order valence-corrected chi connectivity index (χ4v) is 3.99. The van der Waals surface area contributed by atoms with Gasteiger partial charge in [-0.25, -0.2) is 0 Å². The molecule has 0 unspecified atom stereocenters. The number of nitrogens with zero attached hydrogens (tertiary/aromatic N) is 3. The highest BCUT2D eigenvalue weighted by Crippen LogP contribution is 2.25. The first-order valence-electron chi connectivity index (χ1n) is 10.8. The van der Waals surface area contributed by atoms with Crippen LogP contribution in [0.5, 0.6) is 0 Å². The lowest BCUT2D eigenvalue weighted by molar-refractivity contribution is -0.116. The van der Waals surface area contributed by atoms with Crippen molar-refractivity contribution < 1.29 is 19.2 Å². The van der Waals surface area contributed by atoms with E-state index in [0.29, 0.717) is 12.1 Å². The molecule has 8 nitrogen and oxygen atoms in total. The number of hydrogen-bond acceptors (Lipinski definition) is 5. The number of anilines is 1. The maximum absolute atomic E-state index is 12.9. The average molecular weight is 452 g/mol. The van der Waals surface area contributed by atoms with Crippen LogP contribution < -0.4 is 10.3 Å². The van der Waals surface area contributed by atoms with Crippen LogP contribution in [-0.2, 0) is 11.2 Å². The zero-order chi connectivity index (χ0) is 23.7. The Balaban J connectivity index is 1.29. The quantitative estimate of drug-likeness (QED) is 0.602. The molecule has 2 aliphatic heterocycles. The van der Waals surface area contributed by atoms with Crippen molar-refractivity contribution in [1.29, 1.82) is 0 Å². The highest BCUT2D eigenvalue weighted by molar-refractivity contribution is 6.23. The molecule has 0 aliphatic carbocycles. The van der Waals surface area contributed by atoms with Crippen LogP contribution in [0.1, 0.15) is 43.1 Å². The van der Waals surface area contributed by atoms with E-state index in [9.17, 15) is 19.2 Å². The smallest absolute Gasteiger partial charge is 0.261 e. The molecule has 2 aliphatic rings. The number of hydrogen-bond donors (Lipinski definition) is 1. The first kappa shape index (κ1) is 21.3. The van der Waals surface area contributed by atoms with Gasteiger partial charge >= 0.3 is 0 Å². The standard InChI is InChI=1S/C26H20N4O4/c31-23-16-22(28-30(23)19-9-5-2-6-10-19)27-24(32)18-11-12-20-21(15-18)26(34)29(25(20)33)14-13-17-7-3-1-4-8-17/h1-12,15H,13-14,16H2,(H,27,28,32). The van der Waals surface area contributed by atoms with Crippen LogP contribution in [0, 0.1) is 0 Å². The molecule has 0 aromatic heterocycles. The number of para-hydroxylation sites is 1. The van der Waals surface area contributed by atoms with E-state index in [4.69, 9.17) is 0 Å². The number of fused-ring (bicyclic) bond motifs is 1. The summed E-state index contributed by atoms with van der Waals surface area (Å²) in [7, 11) is 0. The third kappa shape index (κ3) is 3.97. The second-order valence-electron chi connectivity index (χ2n) is 7.98. The number of rotatable bonds is 5. The van der Waals surface area contributed by atoms with Crippen molar-refractivity contribution in [3.8, 4) is 0 Å². The molecule has 168 valence electrons. The van der Waals surface area contributed by atoms with Crippen LogP contribution in [0.25, 0.3) is 0 Å². The van der Waals surface area contributed by atoms with Gasteiger partial charge in [0.25, 0.3) is 23.6 Å². The molecule has 8 heteroatoms. The summed E-state index contributed by atoms with van der Waals surface area (Å²) in [6.07, 6.45) is 0.502. The summed E-state index contributed by atoms with van der Waals surface area (Å²) in [6.45, 7) is 0.256. The van der Waals surface area contributed by atoms with E-state index in [2.05, 4.69) is 10.4 Å². The molecule has 0 atom stereocenters. The predicted octanol–water partition coefficient (Wildman–Crippen LogP) is 3.01. The molecule has 3 aromatic rings. The summed E-state index contributed by atoms with van der Waals surface area (Å²) >= 11 is 0. The van der Waals surface area contributed by atoms with Gasteiger partial charge < -0.3 is 5.32 Å². The van der Waals surface area contributed by atoms with Gasteiger partial charge in [-0.05, 0) is 42.3 Å². The van der Waals surface area contributed by atoms with Crippen LogP contribution in [0.3, 0.4) is 0 Å². The molecule has 0 fully saturated rings. The second-order valence-corrected chi connectivity index (χ2v) is 7.98. The molecule has 1 N–H and O–H groups in total. The second kappa shape index (κ2) is 8.74. The molecular formula is C26H20N4O4. The van der Waals surface area contributed by atoms with E-state index >= 15 is 0 Å². The Hall–Kier alpha value is -4.59. The number of hydrazone groups is 1. The molecule has 2 heterocycles. The maximum atomic E-state index is 12.9. The van der Waals surface area contributed by atoms with Crippen molar-refractivity contribution in [3.63, 3.8) is 0 Å². The lowest BCUT2D eigenvalue weighted by Gasteiger charge is -2.13. The van der Waals surface area contributed by atoms with Gasteiger partial charge in [-0.2, -0.15) is 10.1 Å². The normalized spacial score (nSPS) is 14.9. The number of imide groups is 1. The topological polar surface area (TPSA) is 99.2 Å². The molecule has 0 saturated carbocycles. The minimum absolute atomic E-state index is 0.0454. The summed E-state index contributed by atoms with van der Waals surface area (Å²) in [4.78, 5) is 51.9. The molecule has 34 heavy (non-hydrogen) atoms. The summed E-state index contributed by atoms with van der Waals surface area (Å²) in [6, 6.07) is 22.9. The summed E-state index contributed by atoms with van der Waals surface area (Å²) in [5, 5.41) is 8.09. The Kier molecular flexibility index (Phi) is 5.47. The molecule has 0 spiro atoms. The Morgan fingerprint density at radius 1 is 0.853 bits per heavy atom. The van der Waals surface area contributed by atoms with Gasteiger partial charge in [-0.1, -0.05) is 48.5 Å². The van der Waals surface area contributed by atoms with Gasteiger partial charge in [0, 0.05) is 12.1 Å². The van der Waals surface area contributed by atoms with Crippen LogP contribution in [0.4, 0.5) is 5.69 Å². The van der Waals surface area contributed by atoms with Crippen LogP contribution in [0.2, 0.25) is 0 Å². The van der Waals surface area contributed by atoms with Crippen molar-refractivity contribution in [2.24, 2.45) is 5.10 Å². The molecule has 3 aromatic carbocycles. The third-order valence-corrected chi connectivity index (χ3v) is 5.73. The summed E-state index contributed by atoms with van der Waals surface area (Å²) in [5.41, 5.74) is 2.31.